The van der Waals surface area contributed by atoms with Gasteiger partial charge in [-0.3, -0.25) is 4.79 Å². The number of hydrogen-bond acceptors (Lipinski definition) is 3. The summed E-state index contributed by atoms with van der Waals surface area (Å²) in [5.74, 6) is 1.38. The first-order chi connectivity index (χ1) is 11.6. The molecule has 0 amide bonds. The van der Waals surface area contributed by atoms with Crippen LogP contribution in [-0.2, 0) is 4.79 Å². The van der Waals surface area contributed by atoms with E-state index < -0.39 is 0 Å². The van der Waals surface area contributed by atoms with Crippen molar-refractivity contribution < 1.29 is 4.79 Å². The number of likely N-dealkylation sites (tertiary alicyclic amines) is 2. The minimum absolute atomic E-state index is 0.294. The monoisotopic (exact) mass is 324 g/mol. The second-order valence-electron chi connectivity index (χ2n) is 7.83. The molecule has 3 heteroatoms. The number of allylic oxidation sites excluding steroid dienone is 8. The highest BCUT2D eigenvalue weighted by Crippen LogP contribution is 2.38. The minimum atomic E-state index is 0.294. The Morgan fingerprint density at radius 2 is 1.29 bits per heavy atom. The van der Waals surface area contributed by atoms with Crippen LogP contribution in [0.4, 0.5) is 0 Å². The zero-order valence-corrected chi connectivity index (χ0v) is 14.9. The zero-order chi connectivity index (χ0) is 16.7. The summed E-state index contributed by atoms with van der Waals surface area (Å²) in [6, 6.07) is 0. The van der Waals surface area contributed by atoms with E-state index in [-0.39, 0.29) is 0 Å². The van der Waals surface area contributed by atoms with Crippen molar-refractivity contribution in [1.29, 1.82) is 0 Å². The molecule has 0 radical (unpaired) electrons. The van der Waals surface area contributed by atoms with Gasteiger partial charge >= 0.3 is 0 Å². The Balaban J connectivity index is 1.54. The van der Waals surface area contributed by atoms with E-state index in [2.05, 4.69) is 48.2 Å². The van der Waals surface area contributed by atoms with Gasteiger partial charge in [-0.2, -0.15) is 0 Å². The SMILES string of the molecule is CN1CCCC2CC(C(=O)C3=CC=C4C(CCCN4C)C3)=CC=C21. The van der Waals surface area contributed by atoms with E-state index in [1.807, 2.05) is 0 Å². The lowest BCUT2D eigenvalue weighted by atomic mass is 9.78. The molecule has 0 spiro atoms. The first-order valence-corrected chi connectivity index (χ1v) is 9.42. The van der Waals surface area contributed by atoms with Crippen LogP contribution in [0.1, 0.15) is 38.5 Å². The summed E-state index contributed by atoms with van der Waals surface area (Å²) >= 11 is 0. The summed E-state index contributed by atoms with van der Waals surface area (Å²) in [6.45, 7) is 2.29. The second-order valence-corrected chi connectivity index (χ2v) is 7.83. The molecule has 2 unspecified atom stereocenters. The van der Waals surface area contributed by atoms with Crippen molar-refractivity contribution in [2.75, 3.05) is 27.2 Å². The van der Waals surface area contributed by atoms with E-state index in [0.717, 1.165) is 37.1 Å². The van der Waals surface area contributed by atoms with E-state index in [9.17, 15) is 4.79 Å². The molecule has 4 aliphatic rings. The predicted octanol–water partition coefficient (Wildman–Crippen LogP) is 3.67. The first kappa shape index (κ1) is 15.7. The standard InChI is InChI=1S/C21H28N2O/c1-22-11-3-5-15-13-17(7-9-19(15)22)21(24)18-8-10-20-16(14-18)6-4-12-23(20)2/h7-10,15-16H,3-6,11-14H2,1-2H3. The highest BCUT2D eigenvalue weighted by atomic mass is 16.1. The van der Waals surface area contributed by atoms with Crippen LogP contribution in [0.2, 0.25) is 0 Å². The highest BCUT2D eigenvalue weighted by molar-refractivity contribution is 6.09. The number of Topliss-reactive ketones (excluding diaryl/α,β-unsaturated/α-hetero) is 1. The Hall–Kier alpha value is -1.77. The highest BCUT2D eigenvalue weighted by Gasteiger charge is 2.31. The van der Waals surface area contributed by atoms with E-state index in [1.54, 1.807) is 0 Å². The molecule has 2 heterocycles. The molecule has 2 aliphatic heterocycles. The largest absolute Gasteiger partial charge is 0.378 e. The fourth-order valence-electron chi connectivity index (χ4n) is 4.85. The van der Waals surface area contributed by atoms with E-state index >= 15 is 0 Å². The van der Waals surface area contributed by atoms with Gasteiger partial charge in [0.1, 0.15) is 0 Å². The van der Waals surface area contributed by atoms with Gasteiger partial charge < -0.3 is 9.80 Å². The molecule has 24 heavy (non-hydrogen) atoms. The van der Waals surface area contributed by atoms with Gasteiger partial charge in [0.25, 0.3) is 0 Å². The lowest BCUT2D eigenvalue weighted by Gasteiger charge is -2.38. The molecule has 2 fully saturated rings. The maximum atomic E-state index is 13.0. The molecule has 0 saturated carbocycles. The number of piperidine rings is 2. The summed E-state index contributed by atoms with van der Waals surface area (Å²) in [7, 11) is 4.35. The van der Waals surface area contributed by atoms with Crippen molar-refractivity contribution in [3.05, 3.63) is 46.8 Å². The topological polar surface area (TPSA) is 23.6 Å². The Kier molecular flexibility index (Phi) is 4.11. The van der Waals surface area contributed by atoms with Crippen LogP contribution in [0.5, 0.6) is 0 Å². The first-order valence-electron chi connectivity index (χ1n) is 9.42. The smallest absolute Gasteiger partial charge is 0.185 e. The molecular weight excluding hydrogens is 296 g/mol. The number of fused-ring (bicyclic) bond motifs is 2. The third-order valence-electron chi connectivity index (χ3n) is 6.24. The molecule has 0 aromatic heterocycles. The number of hydrogen-bond donors (Lipinski definition) is 0. The van der Waals surface area contributed by atoms with Crippen molar-refractivity contribution in [1.82, 2.24) is 9.80 Å². The molecule has 2 aliphatic carbocycles. The molecule has 0 aromatic rings. The van der Waals surface area contributed by atoms with Crippen LogP contribution in [0.3, 0.4) is 0 Å². The molecule has 2 atom stereocenters. The number of carbonyl (C=O) groups is 1. The number of ketones is 1. The maximum Gasteiger partial charge on any atom is 0.185 e. The lowest BCUT2D eigenvalue weighted by molar-refractivity contribution is -0.112. The van der Waals surface area contributed by atoms with Gasteiger partial charge in [0.15, 0.2) is 5.78 Å². The van der Waals surface area contributed by atoms with Crippen LogP contribution < -0.4 is 0 Å². The van der Waals surface area contributed by atoms with Crippen molar-refractivity contribution in [2.24, 2.45) is 11.8 Å². The number of rotatable bonds is 2. The van der Waals surface area contributed by atoms with Gasteiger partial charge in [0.05, 0.1) is 0 Å². The van der Waals surface area contributed by atoms with Gasteiger partial charge in [-0.25, -0.2) is 0 Å². The van der Waals surface area contributed by atoms with E-state index in [1.165, 1.54) is 37.1 Å². The van der Waals surface area contributed by atoms with Crippen LogP contribution >= 0.6 is 0 Å². The Labute approximate surface area is 145 Å². The third-order valence-corrected chi connectivity index (χ3v) is 6.24. The molecule has 4 rings (SSSR count). The summed E-state index contributed by atoms with van der Waals surface area (Å²) < 4.78 is 0. The quantitative estimate of drug-likeness (QED) is 0.774. The molecule has 0 bridgehead atoms. The molecule has 2 saturated heterocycles. The normalized spacial score (nSPS) is 29.8. The molecule has 0 aromatic carbocycles. The molecule has 128 valence electrons. The molecular formula is C21H28N2O. The predicted molar refractivity (Wildman–Crippen MR) is 97.3 cm³/mol. The molecule has 3 nitrogen and oxygen atoms in total. The van der Waals surface area contributed by atoms with Crippen molar-refractivity contribution in [2.45, 2.75) is 38.5 Å². The van der Waals surface area contributed by atoms with Gasteiger partial charge in [-0.15, -0.1) is 0 Å². The van der Waals surface area contributed by atoms with Gasteiger partial charge in [-0.05, 0) is 50.7 Å². The van der Waals surface area contributed by atoms with Crippen LogP contribution in [0, 0.1) is 11.8 Å². The fourth-order valence-corrected chi connectivity index (χ4v) is 4.85. The average Bonchev–Trinajstić information content (AvgIpc) is 2.61. The van der Waals surface area contributed by atoms with Crippen LogP contribution in [0.25, 0.3) is 0 Å². The minimum Gasteiger partial charge on any atom is -0.378 e. The Bertz CT molecular complexity index is 611. The third kappa shape index (κ3) is 2.74. The van der Waals surface area contributed by atoms with Crippen molar-refractivity contribution in [3.8, 4) is 0 Å². The summed E-state index contributed by atoms with van der Waals surface area (Å²) in [5, 5.41) is 0. The van der Waals surface area contributed by atoms with Crippen molar-refractivity contribution >= 4 is 5.78 Å². The molecule has 0 N–H and O–H groups in total. The number of nitrogens with zero attached hydrogens (tertiary/aromatic N) is 2. The van der Waals surface area contributed by atoms with E-state index in [4.69, 9.17) is 0 Å². The van der Waals surface area contributed by atoms with E-state index in [0.29, 0.717) is 17.6 Å². The summed E-state index contributed by atoms with van der Waals surface area (Å²) in [4.78, 5) is 17.8. The Morgan fingerprint density at radius 3 is 1.75 bits per heavy atom. The van der Waals surface area contributed by atoms with Crippen LogP contribution in [-0.4, -0.2) is 42.8 Å². The van der Waals surface area contributed by atoms with Gasteiger partial charge in [0, 0.05) is 61.6 Å². The zero-order valence-electron chi connectivity index (χ0n) is 14.9. The van der Waals surface area contributed by atoms with Crippen molar-refractivity contribution in [3.63, 3.8) is 0 Å². The average molecular weight is 324 g/mol. The second kappa shape index (κ2) is 6.27. The van der Waals surface area contributed by atoms with Gasteiger partial charge in [-0.1, -0.05) is 12.2 Å². The summed E-state index contributed by atoms with van der Waals surface area (Å²) in [6.07, 6.45) is 15.3. The summed E-state index contributed by atoms with van der Waals surface area (Å²) in [5.41, 5.74) is 4.88. The maximum absolute atomic E-state index is 13.0. The fraction of sp³-hybridized carbons (Fsp3) is 0.571. The lowest BCUT2D eigenvalue weighted by Crippen LogP contribution is -2.33. The Morgan fingerprint density at radius 1 is 0.833 bits per heavy atom. The van der Waals surface area contributed by atoms with Gasteiger partial charge in [0.2, 0.25) is 0 Å². The number of carbonyl (C=O) groups excluding carboxylic acids is 1. The van der Waals surface area contributed by atoms with Crippen LogP contribution in [0.15, 0.2) is 46.8 Å².